The van der Waals surface area contributed by atoms with Crippen molar-refractivity contribution < 1.29 is 23.7 Å². The van der Waals surface area contributed by atoms with Crippen molar-refractivity contribution in [2.45, 2.75) is 25.7 Å². The van der Waals surface area contributed by atoms with Gasteiger partial charge >= 0.3 is 5.97 Å². The molecule has 0 aliphatic carbocycles. The first kappa shape index (κ1) is 11.4. The Morgan fingerprint density at radius 2 is 2.36 bits per heavy atom. The highest BCUT2D eigenvalue weighted by atomic mass is 16.7. The number of rotatable bonds is 3. The van der Waals surface area contributed by atoms with Crippen LogP contribution in [0.15, 0.2) is 0 Å². The third-order valence-electron chi connectivity index (χ3n) is 1.88. The van der Waals surface area contributed by atoms with Crippen LogP contribution in [-0.2, 0) is 23.7 Å². The summed E-state index contributed by atoms with van der Waals surface area (Å²) in [6.07, 6.45) is 0.206. The lowest BCUT2D eigenvalue weighted by Gasteiger charge is -2.18. The van der Waals surface area contributed by atoms with Gasteiger partial charge in [0.25, 0.3) is 0 Å². The molecule has 1 aliphatic rings. The molecule has 0 amide bonds. The topological polar surface area (TPSA) is 54.0 Å². The molecule has 0 N–H and O–H groups in total. The van der Waals surface area contributed by atoms with Gasteiger partial charge in [-0.2, -0.15) is 0 Å². The number of methoxy groups -OCH3 is 1. The number of esters is 1. The average molecular weight is 204 g/mol. The van der Waals surface area contributed by atoms with Gasteiger partial charge in [0.1, 0.15) is 12.7 Å². The van der Waals surface area contributed by atoms with Gasteiger partial charge in [-0.05, 0) is 0 Å². The fourth-order valence-corrected chi connectivity index (χ4v) is 1.19. The van der Waals surface area contributed by atoms with Gasteiger partial charge in [-0.3, -0.25) is 4.79 Å². The molecule has 2 atom stereocenters. The maximum atomic E-state index is 10.6. The van der Waals surface area contributed by atoms with Crippen molar-refractivity contribution in [3.05, 3.63) is 0 Å². The second kappa shape index (κ2) is 5.95. The van der Waals surface area contributed by atoms with Crippen LogP contribution in [0.3, 0.4) is 0 Å². The van der Waals surface area contributed by atoms with Gasteiger partial charge < -0.3 is 18.9 Å². The van der Waals surface area contributed by atoms with Crippen molar-refractivity contribution in [3.63, 3.8) is 0 Å². The van der Waals surface area contributed by atoms with Crippen LogP contribution in [0.4, 0.5) is 0 Å². The molecule has 0 aromatic heterocycles. The summed E-state index contributed by atoms with van der Waals surface area (Å²) in [5.74, 6) is -0.313. The van der Waals surface area contributed by atoms with Gasteiger partial charge in [0, 0.05) is 20.5 Å². The summed E-state index contributed by atoms with van der Waals surface area (Å²) >= 11 is 0. The molecule has 1 fully saturated rings. The minimum absolute atomic E-state index is 0.217. The van der Waals surface area contributed by atoms with Gasteiger partial charge in [0.2, 0.25) is 0 Å². The molecule has 5 nitrogen and oxygen atoms in total. The van der Waals surface area contributed by atoms with Gasteiger partial charge in [-0.15, -0.1) is 0 Å². The quantitative estimate of drug-likeness (QED) is 0.620. The standard InChI is InChI=1S/C9H16O5/c1-7(10)13-6-8-5-12-4-3-9(11-2)14-8/h8-9H,3-6H2,1-2H3/t8-,9+/m0/s1. The van der Waals surface area contributed by atoms with Crippen LogP contribution in [0.1, 0.15) is 13.3 Å². The third kappa shape index (κ3) is 4.04. The maximum Gasteiger partial charge on any atom is 0.302 e. The third-order valence-corrected chi connectivity index (χ3v) is 1.88. The van der Waals surface area contributed by atoms with Crippen LogP contribution in [0, 0.1) is 0 Å². The van der Waals surface area contributed by atoms with Crippen LogP contribution in [-0.4, -0.2) is 45.3 Å². The summed E-state index contributed by atoms with van der Waals surface area (Å²) in [7, 11) is 1.58. The molecule has 1 saturated heterocycles. The highest BCUT2D eigenvalue weighted by Gasteiger charge is 2.21. The van der Waals surface area contributed by atoms with Gasteiger partial charge in [0.15, 0.2) is 6.29 Å². The fraction of sp³-hybridized carbons (Fsp3) is 0.889. The number of ether oxygens (including phenoxy) is 4. The van der Waals surface area contributed by atoms with Crippen molar-refractivity contribution in [2.75, 3.05) is 26.9 Å². The second-order valence-electron chi connectivity index (χ2n) is 3.09. The molecule has 0 aromatic carbocycles. The van der Waals surface area contributed by atoms with Crippen molar-refractivity contribution in [2.24, 2.45) is 0 Å². The van der Waals surface area contributed by atoms with Gasteiger partial charge in [-0.25, -0.2) is 0 Å². The summed E-state index contributed by atoms with van der Waals surface area (Å²) in [5.41, 5.74) is 0. The van der Waals surface area contributed by atoms with Gasteiger partial charge in [-0.1, -0.05) is 0 Å². The van der Waals surface area contributed by atoms with Crippen LogP contribution in [0.25, 0.3) is 0 Å². The Kier molecular flexibility index (Phi) is 4.86. The van der Waals surface area contributed by atoms with Crippen molar-refractivity contribution in [3.8, 4) is 0 Å². The summed E-state index contributed by atoms with van der Waals surface area (Å²) < 4.78 is 20.7. The molecule has 82 valence electrons. The number of carbonyl (C=O) groups is 1. The maximum absolute atomic E-state index is 10.6. The minimum atomic E-state index is -0.313. The fourth-order valence-electron chi connectivity index (χ4n) is 1.19. The largest absolute Gasteiger partial charge is 0.463 e. The zero-order valence-corrected chi connectivity index (χ0v) is 8.52. The Bertz CT molecular complexity index is 182. The molecular weight excluding hydrogens is 188 g/mol. The lowest BCUT2D eigenvalue weighted by atomic mass is 10.4. The van der Waals surface area contributed by atoms with E-state index in [-0.39, 0.29) is 25.0 Å². The Balaban J connectivity index is 2.31. The van der Waals surface area contributed by atoms with Crippen LogP contribution in [0.2, 0.25) is 0 Å². The highest BCUT2D eigenvalue weighted by Crippen LogP contribution is 2.10. The molecule has 1 rings (SSSR count). The van der Waals surface area contributed by atoms with E-state index in [0.717, 1.165) is 0 Å². The molecular formula is C9H16O5. The second-order valence-corrected chi connectivity index (χ2v) is 3.09. The van der Waals surface area contributed by atoms with Crippen molar-refractivity contribution in [1.82, 2.24) is 0 Å². The van der Waals surface area contributed by atoms with E-state index < -0.39 is 0 Å². The lowest BCUT2D eigenvalue weighted by Crippen LogP contribution is -2.29. The van der Waals surface area contributed by atoms with E-state index in [0.29, 0.717) is 19.6 Å². The molecule has 1 aliphatic heterocycles. The zero-order valence-electron chi connectivity index (χ0n) is 8.52. The van der Waals surface area contributed by atoms with Crippen LogP contribution < -0.4 is 0 Å². The van der Waals surface area contributed by atoms with E-state index >= 15 is 0 Å². The first-order chi connectivity index (χ1) is 6.72. The molecule has 5 heteroatoms. The Morgan fingerprint density at radius 3 is 3.00 bits per heavy atom. The van der Waals surface area contributed by atoms with E-state index in [1.54, 1.807) is 7.11 Å². The first-order valence-corrected chi connectivity index (χ1v) is 4.61. The molecule has 0 saturated carbocycles. The molecule has 0 aromatic rings. The molecule has 0 bridgehead atoms. The highest BCUT2D eigenvalue weighted by molar-refractivity contribution is 5.65. The van der Waals surface area contributed by atoms with E-state index in [2.05, 4.69) is 0 Å². The predicted molar refractivity (Wildman–Crippen MR) is 47.7 cm³/mol. The lowest BCUT2D eigenvalue weighted by molar-refractivity contribution is -0.171. The van der Waals surface area contributed by atoms with E-state index in [4.69, 9.17) is 18.9 Å². The van der Waals surface area contributed by atoms with Crippen molar-refractivity contribution >= 4 is 5.97 Å². The predicted octanol–water partition coefficient (Wildman–Crippen LogP) is 0.327. The molecule has 0 spiro atoms. The minimum Gasteiger partial charge on any atom is -0.463 e. The van der Waals surface area contributed by atoms with E-state index in [1.807, 2.05) is 0 Å². The summed E-state index contributed by atoms with van der Waals surface area (Å²) in [4.78, 5) is 10.6. The Hall–Kier alpha value is -0.650. The number of carbonyl (C=O) groups excluding carboxylic acids is 1. The molecule has 14 heavy (non-hydrogen) atoms. The number of hydrogen-bond donors (Lipinski definition) is 0. The SMILES string of the molecule is CO[C@H]1CCOC[C@@H](COC(C)=O)O1. The van der Waals surface area contributed by atoms with Crippen molar-refractivity contribution in [1.29, 1.82) is 0 Å². The van der Waals surface area contributed by atoms with E-state index in [9.17, 15) is 4.79 Å². The molecule has 0 radical (unpaired) electrons. The van der Waals surface area contributed by atoms with E-state index in [1.165, 1.54) is 6.92 Å². The zero-order chi connectivity index (χ0) is 10.4. The Labute approximate surface area is 83.3 Å². The molecule has 0 unspecified atom stereocenters. The summed E-state index contributed by atoms with van der Waals surface area (Å²) in [6.45, 7) is 2.63. The first-order valence-electron chi connectivity index (χ1n) is 4.61. The van der Waals surface area contributed by atoms with Crippen LogP contribution >= 0.6 is 0 Å². The number of hydrogen-bond acceptors (Lipinski definition) is 5. The Morgan fingerprint density at radius 1 is 1.57 bits per heavy atom. The van der Waals surface area contributed by atoms with Gasteiger partial charge in [0.05, 0.1) is 13.2 Å². The normalized spacial score (nSPS) is 28.1. The monoisotopic (exact) mass is 204 g/mol. The average Bonchev–Trinajstić information content (AvgIpc) is 2.39. The summed E-state index contributed by atoms with van der Waals surface area (Å²) in [6, 6.07) is 0. The smallest absolute Gasteiger partial charge is 0.302 e. The summed E-state index contributed by atoms with van der Waals surface area (Å²) in [5, 5.41) is 0. The molecule has 1 heterocycles. The van der Waals surface area contributed by atoms with Crippen LogP contribution in [0.5, 0.6) is 0 Å².